The van der Waals surface area contributed by atoms with E-state index in [1.54, 1.807) is 12.1 Å². The summed E-state index contributed by atoms with van der Waals surface area (Å²) in [5.74, 6) is -0.820. The molecule has 0 fully saturated rings. The van der Waals surface area contributed by atoms with E-state index in [4.69, 9.17) is 4.74 Å². The fraction of sp³-hybridized carbons (Fsp3) is 0. The minimum Gasteiger partial charge on any atom is -0.402 e. The number of carbonyl (C=O) groups is 1. The van der Waals surface area contributed by atoms with Gasteiger partial charge in [0.25, 0.3) is 11.4 Å². The summed E-state index contributed by atoms with van der Waals surface area (Å²) in [6.07, 6.45) is 1.01. The Kier molecular flexibility index (Phi) is 4.32. The van der Waals surface area contributed by atoms with Crippen LogP contribution in [0, 0.1) is 20.2 Å². The zero-order chi connectivity index (χ0) is 20.5. The van der Waals surface area contributed by atoms with Crippen molar-refractivity contribution in [3.8, 4) is 0 Å². The Bertz CT molecular complexity index is 1220. The lowest BCUT2D eigenvalue weighted by molar-refractivity contribution is -0.394. The molecule has 0 saturated heterocycles. The fourth-order valence-electron chi connectivity index (χ4n) is 3.08. The molecule has 0 N–H and O–H groups in total. The number of aliphatic imine (C=N–C) groups is 1. The summed E-state index contributed by atoms with van der Waals surface area (Å²) in [5.41, 5.74) is -1.03. The van der Waals surface area contributed by atoms with Gasteiger partial charge in [-0.05, 0) is 29.0 Å². The van der Waals surface area contributed by atoms with Gasteiger partial charge in [-0.3, -0.25) is 20.2 Å². The molecule has 0 radical (unpaired) electrons. The van der Waals surface area contributed by atoms with Gasteiger partial charge in [0.2, 0.25) is 5.90 Å². The van der Waals surface area contributed by atoms with E-state index in [2.05, 4.69) is 4.99 Å². The summed E-state index contributed by atoms with van der Waals surface area (Å²) in [4.78, 5) is 37.5. The van der Waals surface area contributed by atoms with E-state index < -0.39 is 27.2 Å². The summed E-state index contributed by atoms with van der Waals surface area (Å²) in [6.45, 7) is 0. The Morgan fingerprint density at radius 1 is 0.862 bits per heavy atom. The number of rotatable bonds is 4. The molecule has 142 valence electrons. The van der Waals surface area contributed by atoms with Crippen molar-refractivity contribution < 1.29 is 19.4 Å². The number of hydrogen-bond donors (Lipinski definition) is 0. The molecule has 0 unspecified atom stereocenters. The predicted octanol–water partition coefficient (Wildman–Crippen LogP) is 4.00. The van der Waals surface area contributed by atoms with Gasteiger partial charge in [-0.1, -0.05) is 36.4 Å². The maximum atomic E-state index is 12.3. The Labute approximate surface area is 162 Å². The minimum absolute atomic E-state index is 0.0271. The van der Waals surface area contributed by atoms with Crippen LogP contribution in [-0.2, 0) is 9.53 Å². The van der Waals surface area contributed by atoms with Crippen LogP contribution in [0.5, 0.6) is 0 Å². The maximum Gasteiger partial charge on any atom is 0.363 e. The molecule has 9 nitrogen and oxygen atoms in total. The smallest absolute Gasteiger partial charge is 0.363 e. The normalized spacial score (nSPS) is 14.7. The molecular formula is C20H11N3O6. The predicted molar refractivity (Wildman–Crippen MR) is 104 cm³/mol. The average Bonchev–Trinajstić information content (AvgIpc) is 3.07. The zero-order valence-electron chi connectivity index (χ0n) is 14.6. The van der Waals surface area contributed by atoms with E-state index in [0.29, 0.717) is 5.56 Å². The zero-order valence-corrected chi connectivity index (χ0v) is 14.6. The van der Waals surface area contributed by atoms with Gasteiger partial charge in [0.15, 0.2) is 5.70 Å². The summed E-state index contributed by atoms with van der Waals surface area (Å²) in [5, 5.41) is 24.3. The van der Waals surface area contributed by atoms with Gasteiger partial charge in [0, 0.05) is 17.7 Å². The molecule has 1 aliphatic heterocycles. The van der Waals surface area contributed by atoms with E-state index in [0.717, 1.165) is 29.0 Å². The fourth-order valence-corrected chi connectivity index (χ4v) is 3.08. The molecule has 0 atom stereocenters. The van der Waals surface area contributed by atoms with Crippen molar-refractivity contribution in [2.75, 3.05) is 0 Å². The van der Waals surface area contributed by atoms with E-state index in [9.17, 15) is 25.0 Å². The Balaban J connectivity index is 1.86. The number of hydrogen-bond acceptors (Lipinski definition) is 7. The molecule has 4 rings (SSSR count). The molecule has 3 aromatic carbocycles. The first-order valence-corrected chi connectivity index (χ1v) is 8.38. The highest BCUT2D eigenvalue weighted by atomic mass is 16.6. The third-order valence-electron chi connectivity index (χ3n) is 4.38. The Hall–Kier alpha value is -4.40. The van der Waals surface area contributed by atoms with Gasteiger partial charge < -0.3 is 4.74 Å². The Morgan fingerprint density at radius 3 is 2.17 bits per heavy atom. The SMILES string of the molecule is O=C1OC(c2cccc3ccccc23)=NC1=Cc1c([N+](=O)[O-])cccc1[N+](=O)[O-]. The van der Waals surface area contributed by atoms with Crippen LogP contribution in [0.25, 0.3) is 16.8 Å². The first-order chi connectivity index (χ1) is 14.0. The van der Waals surface area contributed by atoms with Crippen molar-refractivity contribution in [1.82, 2.24) is 0 Å². The molecule has 1 aliphatic rings. The van der Waals surface area contributed by atoms with Gasteiger partial charge in [-0.25, -0.2) is 9.79 Å². The van der Waals surface area contributed by atoms with Crippen LogP contribution >= 0.6 is 0 Å². The number of nitrogens with zero attached hydrogens (tertiary/aromatic N) is 3. The molecular weight excluding hydrogens is 378 g/mol. The molecule has 0 aromatic heterocycles. The Morgan fingerprint density at radius 2 is 1.48 bits per heavy atom. The topological polar surface area (TPSA) is 125 Å². The van der Waals surface area contributed by atoms with Crippen molar-refractivity contribution >= 4 is 40.1 Å². The number of nitro benzene ring substituents is 2. The van der Waals surface area contributed by atoms with Crippen molar-refractivity contribution in [2.24, 2.45) is 4.99 Å². The third-order valence-corrected chi connectivity index (χ3v) is 4.38. The number of fused-ring (bicyclic) bond motifs is 1. The van der Waals surface area contributed by atoms with Gasteiger partial charge in [-0.15, -0.1) is 0 Å². The molecule has 0 saturated carbocycles. The molecule has 0 bridgehead atoms. The summed E-state index contributed by atoms with van der Waals surface area (Å²) < 4.78 is 5.24. The quantitative estimate of drug-likeness (QED) is 0.287. The molecule has 29 heavy (non-hydrogen) atoms. The van der Waals surface area contributed by atoms with Gasteiger partial charge in [0.05, 0.1) is 9.85 Å². The highest BCUT2D eigenvalue weighted by Gasteiger charge is 2.29. The van der Waals surface area contributed by atoms with Crippen LogP contribution < -0.4 is 0 Å². The number of nitro groups is 2. The van der Waals surface area contributed by atoms with Gasteiger partial charge >= 0.3 is 5.97 Å². The minimum atomic E-state index is -0.847. The highest BCUT2D eigenvalue weighted by Crippen LogP contribution is 2.32. The first kappa shape index (κ1) is 18.0. The summed E-state index contributed by atoms with van der Waals surface area (Å²) >= 11 is 0. The largest absolute Gasteiger partial charge is 0.402 e. The van der Waals surface area contributed by atoms with E-state index in [-0.39, 0.29) is 17.2 Å². The van der Waals surface area contributed by atoms with E-state index >= 15 is 0 Å². The highest BCUT2D eigenvalue weighted by molar-refractivity contribution is 6.17. The number of ether oxygens (including phenoxy) is 1. The maximum absolute atomic E-state index is 12.3. The number of carbonyl (C=O) groups excluding carboxylic acids is 1. The van der Waals surface area contributed by atoms with E-state index in [1.165, 1.54) is 6.07 Å². The molecule has 3 aromatic rings. The van der Waals surface area contributed by atoms with E-state index in [1.807, 2.05) is 30.3 Å². The number of esters is 1. The number of cyclic esters (lactones) is 1. The van der Waals surface area contributed by atoms with Crippen molar-refractivity contribution in [3.63, 3.8) is 0 Å². The van der Waals surface area contributed by atoms with Crippen LogP contribution in [0.2, 0.25) is 0 Å². The summed E-state index contributed by atoms with van der Waals surface area (Å²) in [6, 6.07) is 16.3. The summed E-state index contributed by atoms with van der Waals surface area (Å²) in [7, 11) is 0. The van der Waals surface area contributed by atoms with Crippen LogP contribution in [0.15, 0.2) is 71.4 Å². The molecule has 9 heteroatoms. The van der Waals surface area contributed by atoms with Crippen LogP contribution in [-0.4, -0.2) is 21.7 Å². The lowest BCUT2D eigenvalue weighted by atomic mass is 10.0. The molecule has 0 spiro atoms. The van der Waals surface area contributed by atoms with Crippen molar-refractivity contribution in [1.29, 1.82) is 0 Å². The molecule has 0 aliphatic carbocycles. The second kappa shape index (κ2) is 6.97. The second-order valence-corrected chi connectivity index (χ2v) is 6.09. The standard InChI is InChI=1S/C20H11N3O6/c24-20-16(11-15-17(22(25)26)9-4-10-18(15)23(27)28)21-19(29-20)14-8-3-6-12-5-1-2-7-13(12)14/h1-11H. The van der Waals surface area contributed by atoms with Crippen LogP contribution in [0.3, 0.4) is 0 Å². The van der Waals surface area contributed by atoms with Crippen LogP contribution in [0.1, 0.15) is 11.1 Å². The molecule has 0 amide bonds. The lowest BCUT2D eigenvalue weighted by Crippen LogP contribution is -2.06. The van der Waals surface area contributed by atoms with Gasteiger partial charge in [-0.2, -0.15) is 0 Å². The number of benzene rings is 3. The third kappa shape index (κ3) is 3.21. The second-order valence-electron chi connectivity index (χ2n) is 6.09. The molecule has 1 heterocycles. The van der Waals surface area contributed by atoms with Gasteiger partial charge in [0.1, 0.15) is 5.56 Å². The first-order valence-electron chi connectivity index (χ1n) is 8.38. The van der Waals surface area contributed by atoms with Crippen LogP contribution in [0.4, 0.5) is 11.4 Å². The van der Waals surface area contributed by atoms with Crippen molar-refractivity contribution in [3.05, 3.63) is 97.7 Å². The lowest BCUT2D eigenvalue weighted by Gasteiger charge is -2.04. The van der Waals surface area contributed by atoms with Crippen molar-refractivity contribution in [2.45, 2.75) is 0 Å². The monoisotopic (exact) mass is 389 g/mol. The average molecular weight is 389 g/mol.